The molecule has 0 heterocycles. The zero-order valence-corrected chi connectivity index (χ0v) is 9.87. The van der Waals surface area contributed by atoms with E-state index < -0.39 is 0 Å². The average Bonchev–Trinajstić information content (AvgIpc) is 2.19. The fraction of sp³-hybridized carbons (Fsp3) is 0.357. The Kier molecular flexibility index (Phi) is 3.73. The summed E-state index contributed by atoms with van der Waals surface area (Å²) in [5, 5.41) is 9.74. The molecular formula is C14H16O2. The highest BCUT2D eigenvalue weighted by Gasteiger charge is 2.17. The summed E-state index contributed by atoms with van der Waals surface area (Å²) in [6, 6.07) is 5.26. The Balaban J connectivity index is 3.09. The van der Waals surface area contributed by atoms with Crippen LogP contribution in [0.1, 0.15) is 38.3 Å². The van der Waals surface area contributed by atoms with E-state index in [1.807, 2.05) is 26.8 Å². The highest BCUT2D eigenvalue weighted by molar-refractivity contribution is 5.55. The third-order valence-corrected chi connectivity index (χ3v) is 2.22. The first-order valence-corrected chi connectivity index (χ1v) is 5.21. The number of carbonyl (C=O) groups is 1. The molecule has 0 atom stereocenters. The maximum absolute atomic E-state index is 10.1. The van der Waals surface area contributed by atoms with E-state index in [4.69, 9.17) is 0 Å². The first kappa shape index (κ1) is 12.3. The average molecular weight is 216 g/mol. The molecule has 16 heavy (non-hydrogen) atoms. The highest BCUT2D eigenvalue weighted by atomic mass is 16.3. The standard InChI is InChI=1S/C14H16O2/c1-14(2,3)12-10-11(6-4-5-9-15)7-8-13(12)16/h7-10,16H,5H2,1-3H3. The van der Waals surface area contributed by atoms with E-state index in [-0.39, 0.29) is 17.6 Å². The molecule has 1 N–H and O–H groups in total. The van der Waals surface area contributed by atoms with Gasteiger partial charge in [0.2, 0.25) is 0 Å². The number of aldehydes is 1. The molecule has 84 valence electrons. The molecule has 2 heteroatoms. The van der Waals surface area contributed by atoms with Crippen molar-refractivity contribution in [1.29, 1.82) is 0 Å². The molecule has 1 rings (SSSR count). The molecule has 0 aromatic heterocycles. The van der Waals surface area contributed by atoms with Gasteiger partial charge in [0.25, 0.3) is 0 Å². The van der Waals surface area contributed by atoms with Crippen LogP contribution in [0.2, 0.25) is 0 Å². The number of aromatic hydroxyl groups is 1. The number of hydrogen-bond acceptors (Lipinski definition) is 2. The molecule has 2 nitrogen and oxygen atoms in total. The Morgan fingerprint density at radius 2 is 2.06 bits per heavy atom. The topological polar surface area (TPSA) is 37.3 Å². The van der Waals surface area contributed by atoms with E-state index >= 15 is 0 Å². The van der Waals surface area contributed by atoms with Gasteiger partial charge < -0.3 is 9.90 Å². The van der Waals surface area contributed by atoms with Gasteiger partial charge >= 0.3 is 0 Å². The molecular weight excluding hydrogens is 200 g/mol. The molecule has 0 unspecified atom stereocenters. The summed E-state index contributed by atoms with van der Waals surface area (Å²) < 4.78 is 0. The minimum Gasteiger partial charge on any atom is -0.508 e. The second-order valence-electron chi connectivity index (χ2n) is 4.65. The van der Waals surface area contributed by atoms with Crippen molar-refractivity contribution < 1.29 is 9.90 Å². The van der Waals surface area contributed by atoms with Crippen LogP contribution in [0.15, 0.2) is 18.2 Å². The van der Waals surface area contributed by atoms with E-state index in [1.54, 1.807) is 12.1 Å². The van der Waals surface area contributed by atoms with Gasteiger partial charge in [0.05, 0.1) is 6.42 Å². The van der Waals surface area contributed by atoms with Gasteiger partial charge in [0.15, 0.2) is 0 Å². The van der Waals surface area contributed by atoms with Crippen molar-refractivity contribution in [2.24, 2.45) is 0 Å². The van der Waals surface area contributed by atoms with Crippen LogP contribution in [0, 0.1) is 11.8 Å². The number of hydrogen-bond donors (Lipinski definition) is 1. The van der Waals surface area contributed by atoms with E-state index in [1.165, 1.54) is 0 Å². The van der Waals surface area contributed by atoms with Crippen LogP contribution in [-0.4, -0.2) is 11.4 Å². The van der Waals surface area contributed by atoms with Gasteiger partial charge in [-0.2, -0.15) is 0 Å². The predicted octanol–water partition coefficient (Wildman–Crippen LogP) is 2.63. The van der Waals surface area contributed by atoms with Gasteiger partial charge in [-0.25, -0.2) is 0 Å². The Labute approximate surface area is 96.3 Å². The minimum absolute atomic E-state index is 0.119. The summed E-state index contributed by atoms with van der Waals surface area (Å²) in [5.41, 5.74) is 1.57. The molecule has 0 fully saturated rings. The first-order valence-electron chi connectivity index (χ1n) is 5.21. The summed E-state index contributed by atoms with van der Waals surface area (Å²) in [4.78, 5) is 10.1. The normalized spacial score (nSPS) is 10.4. The monoisotopic (exact) mass is 216 g/mol. The van der Waals surface area contributed by atoms with Crippen LogP contribution in [0.25, 0.3) is 0 Å². The van der Waals surface area contributed by atoms with Gasteiger partial charge in [-0.3, -0.25) is 0 Å². The Morgan fingerprint density at radius 3 is 2.62 bits per heavy atom. The zero-order valence-electron chi connectivity index (χ0n) is 9.87. The lowest BCUT2D eigenvalue weighted by molar-refractivity contribution is -0.107. The lowest BCUT2D eigenvalue weighted by atomic mass is 9.85. The van der Waals surface area contributed by atoms with Gasteiger partial charge in [-0.05, 0) is 23.6 Å². The summed E-state index contributed by atoms with van der Waals surface area (Å²) in [6.45, 7) is 6.10. The maximum atomic E-state index is 10.1. The number of rotatable bonds is 1. The Morgan fingerprint density at radius 1 is 1.38 bits per heavy atom. The van der Waals surface area contributed by atoms with E-state index in [2.05, 4.69) is 11.8 Å². The van der Waals surface area contributed by atoms with Crippen molar-refractivity contribution in [2.45, 2.75) is 32.6 Å². The van der Waals surface area contributed by atoms with Crippen molar-refractivity contribution in [1.82, 2.24) is 0 Å². The van der Waals surface area contributed by atoms with E-state index in [0.29, 0.717) is 0 Å². The lowest BCUT2D eigenvalue weighted by Gasteiger charge is -2.20. The quantitative estimate of drug-likeness (QED) is 0.578. The summed E-state index contributed by atoms with van der Waals surface area (Å²) >= 11 is 0. The van der Waals surface area contributed by atoms with Crippen LogP contribution < -0.4 is 0 Å². The summed E-state index contributed by atoms with van der Waals surface area (Å²) in [5.74, 6) is 5.93. The fourth-order valence-corrected chi connectivity index (χ4v) is 1.41. The third-order valence-electron chi connectivity index (χ3n) is 2.22. The van der Waals surface area contributed by atoms with Crippen LogP contribution in [0.4, 0.5) is 0 Å². The molecule has 0 saturated carbocycles. The highest BCUT2D eigenvalue weighted by Crippen LogP contribution is 2.30. The van der Waals surface area contributed by atoms with Crippen LogP contribution in [0.5, 0.6) is 5.75 Å². The SMILES string of the molecule is CC(C)(C)c1cc(C#CCC=O)ccc1O. The van der Waals surface area contributed by atoms with Crippen molar-refractivity contribution in [2.75, 3.05) is 0 Å². The van der Waals surface area contributed by atoms with Crippen molar-refractivity contribution in [3.8, 4) is 17.6 Å². The first-order chi connectivity index (χ1) is 7.45. The second kappa shape index (κ2) is 4.85. The number of phenolic OH excluding ortho intramolecular Hbond substituents is 1. The Bertz CT molecular complexity index is 442. The van der Waals surface area contributed by atoms with E-state index in [0.717, 1.165) is 17.4 Å². The van der Waals surface area contributed by atoms with Crippen LogP contribution in [-0.2, 0) is 10.2 Å². The predicted molar refractivity (Wildman–Crippen MR) is 64.4 cm³/mol. The molecule has 1 aromatic carbocycles. The van der Waals surface area contributed by atoms with Crippen molar-refractivity contribution >= 4 is 6.29 Å². The van der Waals surface area contributed by atoms with Gasteiger partial charge in [0.1, 0.15) is 12.0 Å². The smallest absolute Gasteiger partial charge is 0.131 e. The van der Waals surface area contributed by atoms with Gasteiger partial charge in [0, 0.05) is 11.1 Å². The van der Waals surface area contributed by atoms with Crippen molar-refractivity contribution in [3.63, 3.8) is 0 Å². The van der Waals surface area contributed by atoms with Crippen molar-refractivity contribution in [3.05, 3.63) is 29.3 Å². The lowest BCUT2D eigenvalue weighted by Crippen LogP contribution is -2.11. The molecule has 0 spiro atoms. The molecule has 1 aromatic rings. The van der Waals surface area contributed by atoms with E-state index in [9.17, 15) is 9.90 Å². The largest absolute Gasteiger partial charge is 0.508 e. The third kappa shape index (κ3) is 3.13. The molecule has 0 amide bonds. The molecule has 0 aliphatic carbocycles. The number of benzene rings is 1. The maximum Gasteiger partial charge on any atom is 0.131 e. The number of carbonyl (C=O) groups excluding carboxylic acids is 1. The summed E-state index contributed by atoms with van der Waals surface area (Å²) in [7, 11) is 0. The van der Waals surface area contributed by atoms with Gasteiger partial charge in [-0.1, -0.05) is 32.6 Å². The Hall–Kier alpha value is -1.75. The van der Waals surface area contributed by atoms with Crippen LogP contribution >= 0.6 is 0 Å². The molecule has 0 bridgehead atoms. The molecule has 0 saturated heterocycles. The summed E-state index contributed by atoms with van der Waals surface area (Å²) in [6.07, 6.45) is 1.02. The fourth-order valence-electron chi connectivity index (χ4n) is 1.41. The molecule has 0 radical (unpaired) electrons. The van der Waals surface area contributed by atoms with Gasteiger partial charge in [-0.15, -0.1) is 0 Å². The molecule has 0 aliphatic heterocycles. The zero-order chi connectivity index (χ0) is 12.2. The molecule has 0 aliphatic rings. The van der Waals surface area contributed by atoms with Crippen LogP contribution in [0.3, 0.4) is 0 Å². The second-order valence-corrected chi connectivity index (χ2v) is 4.65. The number of phenols is 1. The minimum atomic E-state index is -0.119.